The highest BCUT2D eigenvalue weighted by Gasteiger charge is 2.33. The minimum atomic E-state index is -0.530. The first-order valence-corrected chi connectivity index (χ1v) is 10.6. The average Bonchev–Trinajstić information content (AvgIpc) is 3.21. The van der Waals surface area contributed by atoms with Crippen LogP contribution in [0.15, 0.2) is 60.7 Å². The summed E-state index contributed by atoms with van der Waals surface area (Å²) in [4.78, 5) is 29.0. The molecule has 2 aromatic rings. The Morgan fingerprint density at radius 2 is 1.57 bits per heavy atom. The van der Waals surface area contributed by atoms with Crippen LogP contribution in [0.4, 0.5) is 4.79 Å². The zero-order chi connectivity index (χ0) is 21.7. The molecule has 2 aromatic carbocycles. The van der Waals surface area contributed by atoms with Crippen LogP contribution in [0, 0.1) is 0 Å². The van der Waals surface area contributed by atoms with Gasteiger partial charge in [0.05, 0.1) is 6.04 Å². The van der Waals surface area contributed by atoms with Gasteiger partial charge in [0.15, 0.2) is 0 Å². The molecule has 0 bridgehead atoms. The zero-order valence-corrected chi connectivity index (χ0v) is 18.4. The third kappa shape index (κ3) is 5.62. The van der Waals surface area contributed by atoms with Crippen LogP contribution in [-0.2, 0) is 9.53 Å². The first-order chi connectivity index (χ1) is 14.2. The minimum Gasteiger partial charge on any atom is -0.444 e. The van der Waals surface area contributed by atoms with Crippen molar-refractivity contribution in [3.8, 4) is 0 Å². The lowest BCUT2D eigenvalue weighted by Crippen LogP contribution is -2.42. The van der Waals surface area contributed by atoms with E-state index in [4.69, 9.17) is 4.74 Å². The van der Waals surface area contributed by atoms with Crippen molar-refractivity contribution >= 4 is 12.0 Å². The minimum absolute atomic E-state index is 0.0162. The summed E-state index contributed by atoms with van der Waals surface area (Å²) in [6.45, 7) is 6.78. The molecule has 1 unspecified atom stereocenters. The number of ether oxygens (including phenoxy) is 1. The van der Waals surface area contributed by atoms with Crippen molar-refractivity contribution in [1.29, 1.82) is 0 Å². The summed E-state index contributed by atoms with van der Waals surface area (Å²) < 4.78 is 5.47. The number of likely N-dealkylation sites (N-methyl/N-ethyl adjacent to an activating group) is 1. The number of likely N-dealkylation sites (tertiary alicyclic amines) is 1. The molecule has 1 aliphatic rings. The second kappa shape index (κ2) is 9.33. The van der Waals surface area contributed by atoms with Crippen LogP contribution in [0.5, 0.6) is 0 Å². The number of nitrogens with zero attached hydrogens (tertiary/aromatic N) is 2. The van der Waals surface area contributed by atoms with Gasteiger partial charge in [-0.2, -0.15) is 0 Å². The monoisotopic (exact) mass is 408 g/mol. The molecule has 5 heteroatoms. The SMILES string of the molecule is CN(C(=O)OC(C)(C)C)C1CCN(C(=O)CC(c2ccccc2)c2ccccc2)C1. The number of benzene rings is 2. The molecular formula is C25H32N2O3. The van der Waals surface area contributed by atoms with Gasteiger partial charge in [0.1, 0.15) is 5.60 Å². The van der Waals surface area contributed by atoms with E-state index in [-0.39, 0.29) is 24.0 Å². The van der Waals surface area contributed by atoms with Crippen molar-refractivity contribution < 1.29 is 14.3 Å². The van der Waals surface area contributed by atoms with Crippen molar-refractivity contribution in [2.45, 2.75) is 51.2 Å². The third-order valence-corrected chi connectivity index (χ3v) is 5.53. The van der Waals surface area contributed by atoms with E-state index in [0.29, 0.717) is 19.5 Å². The lowest BCUT2D eigenvalue weighted by molar-refractivity contribution is -0.130. The van der Waals surface area contributed by atoms with Gasteiger partial charge in [-0.25, -0.2) is 4.79 Å². The Balaban J connectivity index is 1.67. The van der Waals surface area contributed by atoms with E-state index in [1.165, 1.54) is 0 Å². The molecule has 1 saturated heterocycles. The largest absolute Gasteiger partial charge is 0.444 e. The van der Waals surface area contributed by atoms with Crippen molar-refractivity contribution in [1.82, 2.24) is 9.80 Å². The number of carbonyl (C=O) groups excluding carboxylic acids is 2. The molecule has 1 fully saturated rings. The van der Waals surface area contributed by atoms with Gasteiger partial charge >= 0.3 is 6.09 Å². The highest BCUT2D eigenvalue weighted by atomic mass is 16.6. The third-order valence-electron chi connectivity index (χ3n) is 5.53. The van der Waals surface area contributed by atoms with Crippen LogP contribution >= 0.6 is 0 Å². The van der Waals surface area contributed by atoms with Gasteiger partial charge in [-0.05, 0) is 38.3 Å². The standard InChI is InChI=1S/C25H32N2O3/c1-25(2,3)30-24(29)26(4)21-15-16-27(18-21)23(28)17-22(19-11-7-5-8-12-19)20-13-9-6-10-14-20/h5-14,21-22H,15-18H2,1-4H3. The number of amides is 2. The summed E-state index contributed by atoms with van der Waals surface area (Å²) in [6.07, 6.45) is 0.841. The van der Waals surface area contributed by atoms with Gasteiger partial charge in [0.2, 0.25) is 5.91 Å². The summed E-state index contributed by atoms with van der Waals surface area (Å²) in [5.74, 6) is 0.135. The van der Waals surface area contributed by atoms with Crippen LogP contribution in [0.3, 0.4) is 0 Å². The molecule has 1 aliphatic heterocycles. The van der Waals surface area contributed by atoms with Crippen LogP contribution in [0.1, 0.15) is 50.7 Å². The van der Waals surface area contributed by atoms with E-state index < -0.39 is 5.60 Å². The smallest absolute Gasteiger partial charge is 0.410 e. The fourth-order valence-electron chi connectivity index (χ4n) is 3.87. The van der Waals surface area contributed by atoms with Gasteiger partial charge in [0.25, 0.3) is 0 Å². The first kappa shape index (κ1) is 21.9. The number of hydrogen-bond acceptors (Lipinski definition) is 3. The molecule has 1 atom stereocenters. The van der Waals surface area contributed by atoms with E-state index in [1.807, 2.05) is 62.1 Å². The van der Waals surface area contributed by atoms with Crippen molar-refractivity contribution in [2.24, 2.45) is 0 Å². The molecule has 1 heterocycles. The van der Waals surface area contributed by atoms with Gasteiger partial charge < -0.3 is 14.5 Å². The zero-order valence-electron chi connectivity index (χ0n) is 18.4. The Morgan fingerprint density at radius 3 is 2.07 bits per heavy atom. The Kier molecular flexibility index (Phi) is 6.80. The lowest BCUT2D eigenvalue weighted by atomic mass is 9.88. The van der Waals surface area contributed by atoms with Crippen molar-refractivity contribution in [3.63, 3.8) is 0 Å². The number of carbonyl (C=O) groups is 2. The fraction of sp³-hybridized carbons (Fsp3) is 0.440. The van der Waals surface area contributed by atoms with Gasteiger partial charge in [0, 0.05) is 32.5 Å². The maximum absolute atomic E-state index is 13.2. The Morgan fingerprint density at radius 1 is 1.03 bits per heavy atom. The summed E-state index contributed by atoms with van der Waals surface area (Å²) in [5, 5.41) is 0. The molecule has 0 aliphatic carbocycles. The highest BCUT2D eigenvalue weighted by Crippen LogP contribution is 2.29. The molecule has 0 N–H and O–H groups in total. The highest BCUT2D eigenvalue weighted by molar-refractivity contribution is 5.78. The Labute approximate surface area is 179 Å². The van der Waals surface area contributed by atoms with Gasteiger partial charge in [-0.3, -0.25) is 4.79 Å². The molecule has 160 valence electrons. The van der Waals surface area contributed by atoms with Crippen LogP contribution < -0.4 is 0 Å². The van der Waals surface area contributed by atoms with E-state index in [0.717, 1.165) is 17.5 Å². The van der Waals surface area contributed by atoms with E-state index in [9.17, 15) is 9.59 Å². The second-order valence-electron chi connectivity index (χ2n) is 8.95. The predicted molar refractivity (Wildman–Crippen MR) is 118 cm³/mol. The first-order valence-electron chi connectivity index (χ1n) is 10.6. The predicted octanol–water partition coefficient (Wildman–Crippen LogP) is 4.68. The quantitative estimate of drug-likeness (QED) is 0.722. The van der Waals surface area contributed by atoms with Gasteiger partial charge in [-0.1, -0.05) is 60.7 Å². The maximum atomic E-state index is 13.2. The van der Waals surface area contributed by atoms with Crippen LogP contribution in [-0.4, -0.2) is 53.6 Å². The van der Waals surface area contributed by atoms with Crippen molar-refractivity contribution in [3.05, 3.63) is 71.8 Å². The molecule has 2 amide bonds. The van der Waals surface area contributed by atoms with Gasteiger partial charge in [-0.15, -0.1) is 0 Å². The summed E-state index contributed by atoms with van der Waals surface area (Å²) >= 11 is 0. The molecule has 30 heavy (non-hydrogen) atoms. The van der Waals surface area contributed by atoms with E-state index in [2.05, 4.69) is 24.3 Å². The summed E-state index contributed by atoms with van der Waals surface area (Å²) in [5.41, 5.74) is 1.75. The summed E-state index contributed by atoms with van der Waals surface area (Å²) in [6, 6.07) is 20.3. The van der Waals surface area contributed by atoms with E-state index >= 15 is 0 Å². The lowest BCUT2D eigenvalue weighted by Gasteiger charge is -2.28. The molecule has 3 rings (SSSR count). The molecular weight excluding hydrogens is 376 g/mol. The van der Waals surface area contributed by atoms with E-state index in [1.54, 1.807) is 11.9 Å². The van der Waals surface area contributed by atoms with Crippen LogP contribution in [0.2, 0.25) is 0 Å². The molecule has 0 aromatic heterocycles. The average molecular weight is 409 g/mol. The topological polar surface area (TPSA) is 49.9 Å². The Bertz CT molecular complexity index is 806. The number of hydrogen-bond donors (Lipinski definition) is 0. The van der Waals surface area contributed by atoms with Crippen LogP contribution in [0.25, 0.3) is 0 Å². The molecule has 0 saturated carbocycles. The van der Waals surface area contributed by atoms with Crippen molar-refractivity contribution in [2.75, 3.05) is 20.1 Å². The molecule has 5 nitrogen and oxygen atoms in total. The maximum Gasteiger partial charge on any atom is 0.410 e. The second-order valence-corrected chi connectivity index (χ2v) is 8.95. The molecule has 0 spiro atoms. The fourth-order valence-corrected chi connectivity index (χ4v) is 3.87. The Hall–Kier alpha value is -2.82. The molecule has 0 radical (unpaired) electrons. The number of rotatable bonds is 5. The summed E-state index contributed by atoms with van der Waals surface area (Å²) in [7, 11) is 1.75. The normalized spacial score (nSPS) is 16.6.